The van der Waals surface area contributed by atoms with E-state index in [9.17, 15) is 13.2 Å². The van der Waals surface area contributed by atoms with Crippen LogP contribution in [0.3, 0.4) is 0 Å². The summed E-state index contributed by atoms with van der Waals surface area (Å²) in [7, 11) is -1.59. The van der Waals surface area contributed by atoms with Crippen LogP contribution in [-0.4, -0.2) is 63.3 Å². The quantitative estimate of drug-likeness (QED) is 0.756. The van der Waals surface area contributed by atoms with Crippen molar-refractivity contribution in [2.24, 2.45) is 0 Å². The number of quaternary nitrogens is 1. The molecule has 7 nitrogen and oxygen atoms in total. The summed E-state index contributed by atoms with van der Waals surface area (Å²) in [5.41, 5.74) is 1.79. The molecule has 152 valence electrons. The molecule has 1 unspecified atom stereocenters. The SMILES string of the molecule is Cc1ccc(S(=O)(=O)N2CCN(C(=O)C[NH+](C)Cc3ccco3)CC2)c(C)c1. The Morgan fingerprint density at radius 1 is 1.14 bits per heavy atom. The van der Waals surface area contributed by atoms with E-state index in [2.05, 4.69) is 0 Å². The largest absolute Gasteiger partial charge is 0.463 e. The number of benzene rings is 1. The van der Waals surface area contributed by atoms with Crippen molar-refractivity contribution >= 4 is 15.9 Å². The van der Waals surface area contributed by atoms with Gasteiger partial charge in [-0.3, -0.25) is 4.79 Å². The van der Waals surface area contributed by atoms with E-state index < -0.39 is 10.0 Å². The normalized spacial score (nSPS) is 16.9. The first kappa shape index (κ1) is 20.6. The van der Waals surface area contributed by atoms with Crippen LogP contribution in [0.5, 0.6) is 0 Å². The maximum Gasteiger partial charge on any atom is 0.277 e. The summed E-state index contributed by atoms with van der Waals surface area (Å²) < 4.78 is 32.7. The summed E-state index contributed by atoms with van der Waals surface area (Å²) in [5.74, 6) is 0.877. The Bertz CT molecular complexity index is 917. The average molecular weight is 407 g/mol. The van der Waals surface area contributed by atoms with Gasteiger partial charge in [0.25, 0.3) is 5.91 Å². The zero-order valence-corrected chi connectivity index (χ0v) is 17.5. The Morgan fingerprint density at radius 2 is 1.86 bits per heavy atom. The van der Waals surface area contributed by atoms with Gasteiger partial charge < -0.3 is 14.2 Å². The number of likely N-dealkylation sites (N-methyl/N-ethyl adjacent to an activating group) is 1. The number of rotatable bonds is 6. The Kier molecular flexibility index (Phi) is 6.22. The summed E-state index contributed by atoms with van der Waals surface area (Å²) >= 11 is 0. The Balaban J connectivity index is 1.56. The van der Waals surface area contributed by atoms with Crippen molar-refractivity contribution in [3.63, 3.8) is 0 Å². The number of amides is 1. The third kappa shape index (κ3) is 4.63. The van der Waals surface area contributed by atoms with Gasteiger partial charge in [-0.2, -0.15) is 4.31 Å². The molecule has 2 aromatic rings. The molecule has 3 rings (SSSR count). The highest BCUT2D eigenvalue weighted by atomic mass is 32.2. The lowest BCUT2D eigenvalue weighted by Crippen LogP contribution is -3.08. The van der Waals surface area contributed by atoms with Crippen LogP contribution in [0.4, 0.5) is 0 Å². The fourth-order valence-electron chi connectivity index (χ4n) is 3.55. The van der Waals surface area contributed by atoms with Crippen LogP contribution in [0.15, 0.2) is 45.9 Å². The first-order chi connectivity index (χ1) is 13.3. The van der Waals surface area contributed by atoms with Crippen LogP contribution < -0.4 is 4.90 Å². The van der Waals surface area contributed by atoms with Gasteiger partial charge in [0.15, 0.2) is 12.3 Å². The van der Waals surface area contributed by atoms with Crippen LogP contribution in [0, 0.1) is 13.8 Å². The van der Waals surface area contributed by atoms with Gasteiger partial charge in [-0.1, -0.05) is 17.7 Å². The van der Waals surface area contributed by atoms with Crippen molar-refractivity contribution < 1.29 is 22.5 Å². The van der Waals surface area contributed by atoms with Gasteiger partial charge in [0.1, 0.15) is 6.54 Å². The van der Waals surface area contributed by atoms with E-state index in [1.807, 2.05) is 45.2 Å². The monoisotopic (exact) mass is 406 g/mol. The highest BCUT2D eigenvalue weighted by molar-refractivity contribution is 7.89. The minimum absolute atomic E-state index is 0.0348. The highest BCUT2D eigenvalue weighted by Crippen LogP contribution is 2.22. The zero-order chi connectivity index (χ0) is 20.3. The molecule has 1 fully saturated rings. The number of aryl methyl sites for hydroxylation is 2. The van der Waals surface area contributed by atoms with Gasteiger partial charge in [0.2, 0.25) is 10.0 Å². The molecule has 1 atom stereocenters. The minimum Gasteiger partial charge on any atom is -0.463 e. The maximum absolute atomic E-state index is 13.0. The predicted octanol–water partition coefficient (Wildman–Crippen LogP) is 0.444. The van der Waals surface area contributed by atoms with Crippen molar-refractivity contribution in [3.8, 4) is 0 Å². The number of furan rings is 1. The van der Waals surface area contributed by atoms with E-state index in [0.717, 1.165) is 21.8 Å². The summed E-state index contributed by atoms with van der Waals surface area (Å²) in [5, 5.41) is 0. The van der Waals surface area contributed by atoms with E-state index in [-0.39, 0.29) is 5.91 Å². The van der Waals surface area contributed by atoms with Crippen LogP contribution >= 0.6 is 0 Å². The lowest BCUT2D eigenvalue weighted by Gasteiger charge is -2.34. The number of nitrogens with zero attached hydrogens (tertiary/aromatic N) is 2. The molecule has 0 bridgehead atoms. The first-order valence-corrected chi connectivity index (χ1v) is 10.9. The lowest BCUT2D eigenvalue weighted by atomic mass is 10.2. The van der Waals surface area contributed by atoms with Crippen LogP contribution in [0.1, 0.15) is 16.9 Å². The molecule has 1 aliphatic heterocycles. The van der Waals surface area contributed by atoms with E-state index in [0.29, 0.717) is 44.2 Å². The second-order valence-corrected chi connectivity index (χ2v) is 9.35. The number of nitrogens with one attached hydrogen (secondary N) is 1. The molecule has 1 aliphatic rings. The number of piperazine rings is 1. The summed E-state index contributed by atoms with van der Waals surface area (Å²) in [6.45, 7) is 6.21. The van der Waals surface area contributed by atoms with Gasteiger partial charge >= 0.3 is 0 Å². The van der Waals surface area contributed by atoms with Crippen molar-refractivity contribution in [2.75, 3.05) is 39.8 Å². The molecule has 0 aliphatic carbocycles. The Hall–Kier alpha value is -2.16. The van der Waals surface area contributed by atoms with Gasteiger partial charge in [0.05, 0.1) is 18.2 Å². The number of hydrogen-bond donors (Lipinski definition) is 1. The second kappa shape index (κ2) is 8.46. The van der Waals surface area contributed by atoms with Crippen molar-refractivity contribution in [1.29, 1.82) is 0 Å². The summed E-state index contributed by atoms with van der Waals surface area (Å²) in [6, 6.07) is 9.09. The maximum atomic E-state index is 13.0. The Morgan fingerprint density at radius 3 is 2.46 bits per heavy atom. The summed E-state index contributed by atoms with van der Waals surface area (Å²) in [4.78, 5) is 15.7. The molecule has 1 N–H and O–H groups in total. The zero-order valence-electron chi connectivity index (χ0n) is 16.6. The van der Waals surface area contributed by atoms with Crippen LogP contribution in [0.2, 0.25) is 0 Å². The van der Waals surface area contributed by atoms with E-state index in [1.54, 1.807) is 17.2 Å². The molecule has 0 saturated carbocycles. The number of sulfonamides is 1. The van der Waals surface area contributed by atoms with Crippen molar-refractivity contribution in [2.45, 2.75) is 25.3 Å². The standard InChI is InChI=1S/C20H27N3O4S/c1-16-6-7-19(17(2)13-16)28(25,26)23-10-8-22(9-11-23)20(24)15-21(3)14-18-5-4-12-27-18/h4-7,12-13H,8-11,14-15H2,1-3H3/p+1. The smallest absolute Gasteiger partial charge is 0.277 e. The van der Waals surface area contributed by atoms with E-state index in [4.69, 9.17) is 4.42 Å². The molecular formula is C20H28N3O4S+. The number of hydrogen-bond acceptors (Lipinski definition) is 4. The fraction of sp³-hybridized carbons (Fsp3) is 0.450. The van der Waals surface area contributed by atoms with Crippen LogP contribution in [-0.2, 0) is 21.4 Å². The molecule has 0 spiro atoms. The molecule has 0 radical (unpaired) electrons. The van der Waals surface area contributed by atoms with Gasteiger partial charge in [-0.15, -0.1) is 0 Å². The van der Waals surface area contributed by atoms with E-state index >= 15 is 0 Å². The number of carbonyl (C=O) groups is 1. The highest BCUT2D eigenvalue weighted by Gasteiger charge is 2.31. The minimum atomic E-state index is -3.54. The fourth-order valence-corrected chi connectivity index (χ4v) is 5.18. The molecule has 2 heterocycles. The van der Waals surface area contributed by atoms with E-state index in [1.165, 1.54) is 4.31 Å². The lowest BCUT2D eigenvalue weighted by molar-refractivity contribution is -0.886. The second-order valence-electron chi connectivity index (χ2n) is 7.44. The molecule has 1 aromatic heterocycles. The van der Waals surface area contributed by atoms with Gasteiger partial charge in [-0.05, 0) is 37.6 Å². The molecular weight excluding hydrogens is 378 g/mol. The van der Waals surface area contributed by atoms with Gasteiger partial charge in [0, 0.05) is 26.2 Å². The topological polar surface area (TPSA) is 75.3 Å². The molecule has 1 amide bonds. The third-order valence-corrected chi connectivity index (χ3v) is 7.11. The van der Waals surface area contributed by atoms with Gasteiger partial charge in [-0.25, -0.2) is 8.42 Å². The molecule has 8 heteroatoms. The molecule has 28 heavy (non-hydrogen) atoms. The third-order valence-electron chi connectivity index (χ3n) is 5.05. The van der Waals surface area contributed by atoms with Crippen molar-refractivity contribution in [1.82, 2.24) is 9.21 Å². The predicted molar refractivity (Wildman–Crippen MR) is 105 cm³/mol. The molecule has 1 aromatic carbocycles. The average Bonchev–Trinajstić information content (AvgIpc) is 3.14. The summed E-state index contributed by atoms with van der Waals surface area (Å²) in [6.07, 6.45) is 1.62. The van der Waals surface area contributed by atoms with Crippen LogP contribution in [0.25, 0.3) is 0 Å². The van der Waals surface area contributed by atoms with Crippen molar-refractivity contribution in [3.05, 3.63) is 53.5 Å². The first-order valence-electron chi connectivity index (χ1n) is 9.46. The Labute approximate surface area is 166 Å². The number of carbonyl (C=O) groups excluding carboxylic acids is 1. The molecule has 1 saturated heterocycles.